The molecule has 1 fully saturated rings. The molecule has 1 aliphatic rings. The summed E-state index contributed by atoms with van der Waals surface area (Å²) >= 11 is 6.47. The molecule has 0 atom stereocenters. The number of anilines is 1. The lowest BCUT2D eigenvalue weighted by atomic mass is 10.2. The van der Waals surface area contributed by atoms with Crippen LogP contribution in [0.1, 0.15) is 17.7 Å². The molecule has 2 heterocycles. The summed E-state index contributed by atoms with van der Waals surface area (Å²) in [6, 6.07) is 11.1. The van der Waals surface area contributed by atoms with Crippen molar-refractivity contribution >= 4 is 51.9 Å². The minimum absolute atomic E-state index is 0.159. The summed E-state index contributed by atoms with van der Waals surface area (Å²) in [4.78, 5) is 26.4. The van der Waals surface area contributed by atoms with E-state index in [-0.39, 0.29) is 24.8 Å². The lowest BCUT2D eigenvalue weighted by Gasteiger charge is -2.14. The SMILES string of the molecule is Cc1ccc(NC(=O)CCN2C(=O)/C(=C/c3ccco3)SC2=S)cc1. The van der Waals surface area contributed by atoms with Gasteiger partial charge in [0.2, 0.25) is 5.91 Å². The molecular weight excluding hydrogens is 356 g/mol. The molecule has 0 unspecified atom stereocenters. The molecule has 5 nitrogen and oxygen atoms in total. The molecule has 2 aromatic rings. The number of thioether (sulfide) groups is 1. The highest BCUT2D eigenvalue weighted by molar-refractivity contribution is 8.26. The first-order valence-corrected chi connectivity index (χ1v) is 8.91. The molecule has 0 aliphatic carbocycles. The van der Waals surface area contributed by atoms with E-state index < -0.39 is 0 Å². The van der Waals surface area contributed by atoms with Crippen molar-refractivity contribution in [1.82, 2.24) is 4.90 Å². The summed E-state index contributed by atoms with van der Waals surface area (Å²) in [5.74, 6) is 0.236. The second-order valence-electron chi connectivity index (χ2n) is 5.51. The molecule has 0 spiro atoms. The van der Waals surface area contributed by atoms with E-state index in [0.29, 0.717) is 15.0 Å². The van der Waals surface area contributed by atoms with Crippen molar-refractivity contribution in [3.63, 3.8) is 0 Å². The Balaban J connectivity index is 1.57. The van der Waals surface area contributed by atoms with Crippen LogP contribution in [0.2, 0.25) is 0 Å². The van der Waals surface area contributed by atoms with Gasteiger partial charge in [-0.05, 0) is 31.2 Å². The number of benzene rings is 1. The predicted octanol–water partition coefficient (Wildman–Crippen LogP) is 3.82. The molecule has 2 amide bonds. The topological polar surface area (TPSA) is 62.6 Å². The molecule has 25 heavy (non-hydrogen) atoms. The van der Waals surface area contributed by atoms with Crippen LogP contribution in [-0.4, -0.2) is 27.6 Å². The van der Waals surface area contributed by atoms with Gasteiger partial charge in [0.25, 0.3) is 5.91 Å². The van der Waals surface area contributed by atoms with E-state index in [1.54, 1.807) is 24.5 Å². The average molecular weight is 372 g/mol. The number of carbonyl (C=O) groups is 2. The fourth-order valence-corrected chi connectivity index (χ4v) is 3.56. The minimum Gasteiger partial charge on any atom is -0.465 e. The van der Waals surface area contributed by atoms with Crippen LogP contribution in [0, 0.1) is 6.92 Å². The molecule has 1 aromatic heterocycles. The lowest BCUT2D eigenvalue weighted by Crippen LogP contribution is -2.31. The zero-order valence-electron chi connectivity index (χ0n) is 13.5. The molecule has 1 aliphatic heterocycles. The molecule has 0 radical (unpaired) electrons. The van der Waals surface area contributed by atoms with Crippen molar-refractivity contribution in [1.29, 1.82) is 0 Å². The van der Waals surface area contributed by atoms with E-state index in [1.807, 2.05) is 31.2 Å². The number of nitrogens with zero attached hydrogens (tertiary/aromatic N) is 1. The number of furan rings is 1. The van der Waals surface area contributed by atoms with Crippen LogP contribution >= 0.6 is 24.0 Å². The molecule has 128 valence electrons. The largest absolute Gasteiger partial charge is 0.465 e. The zero-order chi connectivity index (χ0) is 17.8. The Bertz CT molecular complexity index is 827. The maximum atomic E-state index is 12.4. The van der Waals surface area contributed by atoms with Gasteiger partial charge in [0.05, 0.1) is 11.2 Å². The number of hydrogen-bond donors (Lipinski definition) is 1. The second-order valence-corrected chi connectivity index (χ2v) is 7.19. The Hall–Kier alpha value is -2.38. The molecule has 1 N–H and O–H groups in total. The number of thiocarbonyl (C=S) groups is 1. The molecule has 0 saturated carbocycles. The molecule has 3 rings (SSSR count). The second kappa shape index (κ2) is 7.67. The Labute approximate surface area is 155 Å². The van der Waals surface area contributed by atoms with Gasteiger partial charge in [-0.2, -0.15) is 0 Å². The number of rotatable bonds is 5. The van der Waals surface area contributed by atoms with Crippen molar-refractivity contribution in [2.75, 3.05) is 11.9 Å². The number of carbonyl (C=O) groups excluding carboxylic acids is 2. The first-order valence-electron chi connectivity index (χ1n) is 7.68. The number of aryl methyl sites for hydroxylation is 1. The van der Waals surface area contributed by atoms with Crippen LogP contribution in [0.3, 0.4) is 0 Å². The predicted molar refractivity (Wildman–Crippen MR) is 103 cm³/mol. The van der Waals surface area contributed by atoms with Crippen molar-refractivity contribution in [3.05, 3.63) is 58.9 Å². The summed E-state index contributed by atoms with van der Waals surface area (Å²) in [7, 11) is 0. The molecule has 7 heteroatoms. The van der Waals surface area contributed by atoms with Gasteiger partial charge in [-0.3, -0.25) is 14.5 Å². The highest BCUT2D eigenvalue weighted by Gasteiger charge is 2.32. The van der Waals surface area contributed by atoms with E-state index in [9.17, 15) is 9.59 Å². The van der Waals surface area contributed by atoms with Crippen LogP contribution < -0.4 is 5.32 Å². The van der Waals surface area contributed by atoms with Gasteiger partial charge in [0, 0.05) is 24.7 Å². The first kappa shape index (κ1) is 17.4. The Morgan fingerprint density at radius 1 is 1.32 bits per heavy atom. The van der Waals surface area contributed by atoms with Crippen LogP contribution in [0.25, 0.3) is 6.08 Å². The monoisotopic (exact) mass is 372 g/mol. The van der Waals surface area contributed by atoms with E-state index in [0.717, 1.165) is 11.3 Å². The first-order chi connectivity index (χ1) is 12.0. The Morgan fingerprint density at radius 2 is 2.08 bits per heavy atom. The lowest BCUT2D eigenvalue weighted by molar-refractivity contribution is -0.122. The maximum Gasteiger partial charge on any atom is 0.266 e. The molecular formula is C18H16N2O3S2. The fraction of sp³-hybridized carbons (Fsp3) is 0.167. The highest BCUT2D eigenvalue weighted by atomic mass is 32.2. The average Bonchev–Trinajstić information content (AvgIpc) is 3.18. The number of hydrogen-bond acceptors (Lipinski definition) is 5. The Morgan fingerprint density at radius 3 is 2.76 bits per heavy atom. The van der Waals surface area contributed by atoms with Crippen LogP contribution in [0.4, 0.5) is 5.69 Å². The quantitative estimate of drug-likeness (QED) is 0.639. The standard InChI is InChI=1S/C18H16N2O3S2/c1-12-4-6-13(7-5-12)19-16(21)8-9-20-17(22)15(25-18(20)24)11-14-3-2-10-23-14/h2-7,10-11H,8-9H2,1H3,(H,19,21)/b15-11-. The maximum absolute atomic E-state index is 12.4. The van der Waals surface area contributed by atoms with Gasteiger partial charge in [0.1, 0.15) is 10.1 Å². The van der Waals surface area contributed by atoms with Gasteiger partial charge < -0.3 is 9.73 Å². The summed E-state index contributed by atoms with van der Waals surface area (Å²) in [6.07, 6.45) is 3.38. The molecule has 1 aromatic carbocycles. The third kappa shape index (κ3) is 4.37. The van der Waals surface area contributed by atoms with E-state index >= 15 is 0 Å². The van der Waals surface area contributed by atoms with Crippen molar-refractivity contribution in [3.8, 4) is 0 Å². The normalized spacial score (nSPS) is 15.9. The van der Waals surface area contributed by atoms with Gasteiger partial charge in [0.15, 0.2) is 0 Å². The minimum atomic E-state index is -0.200. The summed E-state index contributed by atoms with van der Waals surface area (Å²) in [5.41, 5.74) is 1.86. The van der Waals surface area contributed by atoms with E-state index in [1.165, 1.54) is 16.7 Å². The van der Waals surface area contributed by atoms with Gasteiger partial charge in [-0.15, -0.1) is 0 Å². The van der Waals surface area contributed by atoms with Gasteiger partial charge >= 0.3 is 0 Å². The third-order valence-electron chi connectivity index (χ3n) is 3.59. The summed E-state index contributed by atoms with van der Waals surface area (Å²) < 4.78 is 5.67. The number of amides is 2. The zero-order valence-corrected chi connectivity index (χ0v) is 15.2. The third-order valence-corrected chi connectivity index (χ3v) is 4.97. The van der Waals surface area contributed by atoms with Crippen molar-refractivity contribution in [2.24, 2.45) is 0 Å². The van der Waals surface area contributed by atoms with Crippen LogP contribution in [0.15, 0.2) is 52.0 Å². The fourth-order valence-electron chi connectivity index (χ4n) is 2.27. The smallest absolute Gasteiger partial charge is 0.266 e. The number of nitrogens with one attached hydrogen (secondary N) is 1. The Kier molecular flexibility index (Phi) is 5.35. The molecule has 1 saturated heterocycles. The van der Waals surface area contributed by atoms with Crippen molar-refractivity contribution < 1.29 is 14.0 Å². The van der Waals surface area contributed by atoms with Crippen LogP contribution in [0.5, 0.6) is 0 Å². The molecule has 0 bridgehead atoms. The van der Waals surface area contributed by atoms with E-state index in [2.05, 4.69) is 5.32 Å². The summed E-state index contributed by atoms with van der Waals surface area (Å²) in [5, 5.41) is 2.81. The van der Waals surface area contributed by atoms with Crippen molar-refractivity contribution in [2.45, 2.75) is 13.3 Å². The van der Waals surface area contributed by atoms with Crippen LogP contribution in [-0.2, 0) is 9.59 Å². The van der Waals surface area contributed by atoms with Gasteiger partial charge in [-0.1, -0.05) is 41.7 Å². The highest BCUT2D eigenvalue weighted by Crippen LogP contribution is 2.32. The van der Waals surface area contributed by atoms with E-state index in [4.69, 9.17) is 16.6 Å². The summed E-state index contributed by atoms with van der Waals surface area (Å²) in [6.45, 7) is 2.23. The van der Waals surface area contributed by atoms with Gasteiger partial charge in [-0.25, -0.2) is 0 Å².